The van der Waals surface area contributed by atoms with Gasteiger partial charge in [0.25, 0.3) is 0 Å². The average Bonchev–Trinajstić information content (AvgIpc) is 2.43. The third kappa shape index (κ3) is 3.16. The van der Waals surface area contributed by atoms with Crippen molar-refractivity contribution in [3.05, 3.63) is 53.6 Å². The van der Waals surface area contributed by atoms with E-state index >= 15 is 0 Å². The summed E-state index contributed by atoms with van der Waals surface area (Å²) in [5.74, 6) is 0.100. The van der Waals surface area contributed by atoms with Crippen molar-refractivity contribution in [3.63, 3.8) is 0 Å². The SMILES string of the molecule is Cc1cc(NC(=O)C(C)(C)c2ccc(N)cc2)ccc1O. The molecule has 0 aliphatic carbocycles. The van der Waals surface area contributed by atoms with Crippen LogP contribution in [0.5, 0.6) is 5.75 Å². The van der Waals surface area contributed by atoms with E-state index in [1.165, 1.54) is 0 Å². The Bertz CT molecular complexity index is 661. The number of nitrogen functional groups attached to an aromatic ring is 1. The molecule has 110 valence electrons. The minimum atomic E-state index is -0.681. The number of carbonyl (C=O) groups is 1. The molecule has 0 unspecified atom stereocenters. The standard InChI is InChI=1S/C17H20N2O2/c1-11-10-14(8-9-15(11)20)19-16(21)17(2,3)12-4-6-13(18)7-5-12/h4-10,20H,18H2,1-3H3,(H,19,21). The van der Waals surface area contributed by atoms with Crippen LogP contribution in [0.1, 0.15) is 25.0 Å². The van der Waals surface area contributed by atoms with Crippen molar-refractivity contribution in [2.24, 2.45) is 0 Å². The van der Waals surface area contributed by atoms with Gasteiger partial charge < -0.3 is 16.2 Å². The van der Waals surface area contributed by atoms with Gasteiger partial charge in [0.15, 0.2) is 0 Å². The monoisotopic (exact) mass is 284 g/mol. The number of rotatable bonds is 3. The van der Waals surface area contributed by atoms with Crippen LogP contribution >= 0.6 is 0 Å². The van der Waals surface area contributed by atoms with Crippen LogP contribution < -0.4 is 11.1 Å². The van der Waals surface area contributed by atoms with Crippen LogP contribution in [0, 0.1) is 6.92 Å². The van der Waals surface area contributed by atoms with Gasteiger partial charge in [0, 0.05) is 11.4 Å². The number of phenolic OH excluding ortho intramolecular Hbond substituents is 1. The van der Waals surface area contributed by atoms with E-state index in [4.69, 9.17) is 5.73 Å². The Morgan fingerprint density at radius 2 is 1.76 bits per heavy atom. The molecule has 4 nitrogen and oxygen atoms in total. The Kier molecular flexibility index (Phi) is 3.89. The molecule has 0 bridgehead atoms. The topological polar surface area (TPSA) is 75.4 Å². The molecule has 0 aliphatic rings. The van der Waals surface area contributed by atoms with Crippen LogP contribution in [-0.4, -0.2) is 11.0 Å². The first kappa shape index (κ1) is 14.9. The van der Waals surface area contributed by atoms with Crippen LogP contribution in [0.3, 0.4) is 0 Å². The van der Waals surface area contributed by atoms with E-state index in [0.29, 0.717) is 11.4 Å². The van der Waals surface area contributed by atoms with Gasteiger partial charge in [-0.25, -0.2) is 0 Å². The number of aryl methyl sites for hydroxylation is 1. The van der Waals surface area contributed by atoms with Gasteiger partial charge in [-0.05, 0) is 62.2 Å². The molecule has 2 aromatic carbocycles. The average molecular weight is 284 g/mol. The van der Waals surface area contributed by atoms with Crippen LogP contribution in [0.4, 0.5) is 11.4 Å². The summed E-state index contributed by atoms with van der Waals surface area (Å²) in [6, 6.07) is 12.3. The number of hydrogen-bond acceptors (Lipinski definition) is 3. The van der Waals surface area contributed by atoms with Gasteiger partial charge >= 0.3 is 0 Å². The van der Waals surface area contributed by atoms with Gasteiger partial charge in [0.1, 0.15) is 5.75 Å². The molecule has 1 amide bonds. The number of carbonyl (C=O) groups excluding carboxylic acids is 1. The number of nitrogens with one attached hydrogen (secondary N) is 1. The van der Waals surface area contributed by atoms with Crippen LogP contribution in [0.25, 0.3) is 0 Å². The van der Waals surface area contributed by atoms with Crippen molar-refractivity contribution < 1.29 is 9.90 Å². The Hall–Kier alpha value is -2.49. The number of phenols is 1. The molecule has 0 radical (unpaired) electrons. The largest absolute Gasteiger partial charge is 0.508 e. The Labute approximate surface area is 124 Å². The molecule has 0 saturated carbocycles. The predicted octanol–water partition coefficient (Wildman–Crippen LogP) is 3.20. The lowest BCUT2D eigenvalue weighted by Gasteiger charge is -2.24. The van der Waals surface area contributed by atoms with E-state index < -0.39 is 5.41 Å². The minimum absolute atomic E-state index is 0.114. The maximum atomic E-state index is 12.5. The summed E-state index contributed by atoms with van der Waals surface area (Å²) < 4.78 is 0. The van der Waals surface area contributed by atoms with Crippen LogP contribution in [0.2, 0.25) is 0 Å². The molecule has 0 fully saturated rings. The summed E-state index contributed by atoms with van der Waals surface area (Å²) in [5, 5.41) is 12.4. The summed E-state index contributed by atoms with van der Waals surface area (Å²) in [6.45, 7) is 5.51. The van der Waals surface area contributed by atoms with Crippen molar-refractivity contribution in [3.8, 4) is 5.75 Å². The number of nitrogens with two attached hydrogens (primary N) is 1. The molecule has 2 aromatic rings. The molecule has 0 aliphatic heterocycles. The fourth-order valence-corrected chi connectivity index (χ4v) is 2.05. The normalized spacial score (nSPS) is 11.2. The van der Waals surface area contributed by atoms with Gasteiger partial charge in [0.2, 0.25) is 5.91 Å². The number of benzene rings is 2. The van der Waals surface area contributed by atoms with E-state index in [2.05, 4.69) is 5.32 Å². The zero-order valence-electron chi connectivity index (χ0n) is 12.5. The number of amides is 1. The second-order valence-corrected chi connectivity index (χ2v) is 5.70. The summed E-state index contributed by atoms with van der Waals surface area (Å²) >= 11 is 0. The highest BCUT2D eigenvalue weighted by atomic mass is 16.3. The summed E-state index contributed by atoms with van der Waals surface area (Å²) in [7, 11) is 0. The van der Waals surface area contributed by atoms with Crippen molar-refractivity contribution in [1.29, 1.82) is 0 Å². The van der Waals surface area contributed by atoms with Crippen LogP contribution in [0.15, 0.2) is 42.5 Å². The summed E-state index contributed by atoms with van der Waals surface area (Å²) in [4.78, 5) is 12.5. The summed E-state index contributed by atoms with van der Waals surface area (Å²) in [6.07, 6.45) is 0. The maximum Gasteiger partial charge on any atom is 0.234 e. The Morgan fingerprint density at radius 3 is 2.33 bits per heavy atom. The molecule has 0 aromatic heterocycles. The van der Waals surface area contributed by atoms with Crippen molar-refractivity contribution in [2.75, 3.05) is 11.1 Å². The lowest BCUT2D eigenvalue weighted by Crippen LogP contribution is -2.34. The second-order valence-electron chi connectivity index (χ2n) is 5.70. The molecule has 4 heteroatoms. The highest BCUT2D eigenvalue weighted by Crippen LogP contribution is 2.27. The fourth-order valence-electron chi connectivity index (χ4n) is 2.05. The highest BCUT2D eigenvalue weighted by molar-refractivity contribution is 5.98. The Morgan fingerprint density at radius 1 is 1.14 bits per heavy atom. The lowest BCUT2D eigenvalue weighted by atomic mass is 9.83. The quantitative estimate of drug-likeness (QED) is 0.598. The molecular weight excluding hydrogens is 264 g/mol. The van der Waals surface area contributed by atoms with E-state index in [-0.39, 0.29) is 11.7 Å². The first-order valence-electron chi connectivity index (χ1n) is 6.78. The molecule has 0 atom stereocenters. The molecular formula is C17H20N2O2. The zero-order chi connectivity index (χ0) is 15.6. The fraction of sp³-hybridized carbons (Fsp3) is 0.235. The molecule has 2 rings (SSSR count). The predicted molar refractivity (Wildman–Crippen MR) is 85.4 cm³/mol. The van der Waals surface area contributed by atoms with E-state index in [1.54, 1.807) is 37.3 Å². The molecule has 4 N–H and O–H groups in total. The van der Waals surface area contributed by atoms with E-state index in [1.807, 2.05) is 26.0 Å². The second kappa shape index (κ2) is 5.48. The van der Waals surface area contributed by atoms with Crippen molar-refractivity contribution in [1.82, 2.24) is 0 Å². The summed E-state index contributed by atoms with van der Waals surface area (Å²) in [5.41, 5.74) is 7.94. The van der Waals surface area contributed by atoms with Gasteiger partial charge in [-0.1, -0.05) is 12.1 Å². The maximum absolute atomic E-state index is 12.5. The van der Waals surface area contributed by atoms with E-state index in [0.717, 1.165) is 11.1 Å². The van der Waals surface area contributed by atoms with Gasteiger partial charge in [-0.3, -0.25) is 4.79 Å². The first-order valence-corrected chi connectivity index (χ1v) is 6.78. The van der Waals surface area contributed by atoms with Crippen LogP contribution in [-0.2, 0) is 10.2 Å². The van der Waals surface area contributed by atoms with Crippen molar-refractivity contribution in [2.45, 2.75) is 26.2 Å². The highest BCUT2D eigenvalue weighted by Gasteiger charge is 2.29. The minimum Gasteiger partial charge on any atom is -0.508 e. The zero-order valence-corrected chi connectivity index (χ0v) is 12.5. The third-order valence-electron chi connectivity index (χ3n) is 3.65. The number of anilines is 2. The molecule has 0 spiro atoms. The van der Waals surface area contributed by atoms with Crippen molar-refractivity contribution >= 4 is 17.3 Å². The Balaban J connectivity index is 2.21. The first-order chi connectivity index (χ1) is 9.80. The molecule has 21 heavy (non-hydrogen) atoms. The van der Waals surface area contributed by atoms with Gasteiger partial charge in [-0.2, -0.15) is 0 Å². The smallest absolute Gasteiger partial charge is 0.234 e. The molecule has 0 saturated heterocycles. The third-order valence-corrected chi connectivity index (χ3v) is 3.65. The lowest BCUT2D eigenvalue weighted by molar-refractivity contribution is -0.120. The van der Waals surface area contributed by atoms with Gasteiger partial charge in [0.05, 0.1) is 5.41 Å². The van der Waals surface area contributed by atoms with E-state index in [9.17, 15) is 9.90 Å². The number of hydrogen-bond donors (Lipinski definition) is 3. The number of aromatic hydroxyl groups is 1. The molecule has 0 heterocycles. The van der Waals surface area contributed by atoms with Gasteiger partial charge in [-0.15, -0.1) is 0 Å².